The molecule has 1 atom stereocenters. The first-order valence-corrected chi connectivity index (χ1v) is 9.12. The molecule has 0 spiro atoms. The molecule has 0 saturated heterocycles. The molecule has 0 aliphatic rings. The number of halogens is 3. The lowest BCUT2D eigenvalue weighted by atomic mass is 10.1. The highest BCUT2D eigenvalue weighted by Crippen LogP contribution is 2.33. The Kier molecular flexibility index (Phi) is 5.21. The molecule has 0 aliphatic heterocycles. The number of carbonyl (C=O) groups is 1. The van der Waals surface area contributed by atoms with Gasteiger partial charge in [0.05, 0.1) is 4.88 Å². The van der Waals surface area contributed by atoms with Crippen molar-refractivity contribution in [2.45, 2.75) is 9.96 Å². The summed E-state index contributed by atoms with van der Waals surface area (Å²) in [5.41, 5.74) is 0.774. The Morgan fingerprint density at radius 2 is 1.75 bits per heavy atom. The lowest BCUT2D eigenvalue weighted by molar-refractivity contribution is 0.0946. The van der Waals surface area contributed by atoms with Gasteiger partial charge in [-0.05, 0) is 22.9 Å². The minimum Gasteiger partial charge on any atom is -0.361 e. The lowest BCUT2D eigenvalue weighted by Crippen LogP contribution is -2.49. The fourth-order valence-electron chi connectivity index (χ4n) is 2.32. The highest BCUT2D eigenvalue weighted by atomic mass is 35.6. The third-order valence-electron chi connectivity index (χ3n) is 3.44. The molecule has 3 rings (SSSR count). The van der Waals surface area contributed by atoms with Crippen LogP contribution in [0, 0.1) is 0 Å². The Hall–Kier alpha value is -1.46. The summed E-state index contributed by atoms with van der Waals surface area (Å²) in [5.74, 6) is -0.297. The van der Waals surface area contributed by atoms with Gasteiger partial charge in [-0.1, -0.05) is 77.3 Å². The molecule has 1 aromatic heterocycles. The summed E-state index contributed by atoms with van der Waals surface area (Å²) in [4.78, 5) is 12.9. The fraction of sp³-hybridized carbons (Fsp3) is 0.118. The van der Waals surface area contributed by atoms with Crippen LogP contribution in [0.4, 0.5) is 5.69 Å². The Labute approximate surface area is 158 Å². The average Bonchev–Trinajstić information content (AvgIpc) is 3.08. The van der Waals surface area contributed by atoms with Crippen molar-refractivity contribution in [3.8, 4) is 0 Å². The second-order valence-corrected chi connectivity index (χ2v) is 8.41. The maximum absolute atomic E-state index is 12.3. The van der Waals surface area contributed by atoms with Crippen molar-refractivity contribution >= 4 is 68.5 Å². The molecule has 0 radical (unpaired) electrons. The predicted octanol–water partition coefficient (Wildman–Crippen LogP) is 5.44. The largest absolute Gasteiger partial charge is 0.361 e. The van der Waals surface area contributed by atoms with Crippen molar-refractivity contribution in [1.29, 1.82) is 0 Å². The van der Waals surface area contributed by atoms with Gasteiger partial charge in [0.2, 0.25) is 3.79 Å². The number of carbonyl (C=O) groups excluding carboxylic acids is 1. The number of thiophene rings is 1. The molecule has 3 aromatic rings. The van der Waals surface area contributed by atoms with Crippen molar-refractivity contribution in [1.82, 2.24) is 5.32 Å². The van der Waals surface area contributed by atoms with Crippen LogP contribution in [0.2, 0.25) is 0 Å². The van der Waals surface area contributed by atoms with Crippen LogP contribution in [-0.4, -0.2) is 15.9 Å². The zero-order chi connectivity index (χ0) is 17.2. The van der Waals surface area contributed by atoms with E-state index in [-0.39, 0.29) is 5.91 Å². The van der Waals surface area contributed by atoms with Gasteiger partial charge < -0.3 is 10.6 Å². The van der Waals surface area contributed by atoms with Gasteiger partial charge in [-0.15, -0.1) is 11.3 Å². The third kappa shape index (κ3) is 3.95. The third-order valence-corrected chi connectivity index (χ3v) is 4.96. The average molecular weight is 400 g/mol. The van der Waals surface area contributed by atoms with Crippen molar-refractivity contribution in [3.05, 3.63) is 64.9 Å². The van der Waals surface area contributed by atoms with Crippen molar-refractivity contribution in [2.24, 2.45) is 0 Å². The fourth-order valence-corrected chi connectivity index (χ4v) is 3.27. The summed E-state index contributed by atoms with van der Waals surface area (Å²) in [5, 5.41) is 9.71. The SMILES string of the molecule is O=C(N[C@@H](Nc1cccc2ccccc12)C(Cl)(Cl)Cl)c1cccs1. The molecule has 1 amide bonds. The van der Waals surface area contributed by atoms with Crippen LogP contribution in [0.15, 0.2) is 60.0 Å². The van der Waals surface area contributed by atoms with Crippen LogP contribution in [0.5, 0.6) is 0 Å². The van der Waals surface area contributed by atoms with Gasteiger partial charge in [-0.25, -0.2) is 0 Å². The molecule has 2 aromatic carbocycles. The number of nitrogens with one attached hydrogen (secondary N) is 2. The van der Waals surface area contributed by atoms with Gasteiger partial charge in [-0.2, -0.15) is 0 Å². The molecule has 1 heterocycles. The van der Waals surface area contributed by atoms with Gasteiger partial charge in [-0.3, -0.25) is 4.79 Å². The number of rotatable bonds is 4. The number of anilines is 1. The van der Waals surface area contributed by atoms with Gasteiger partial charge in [0.15, 0.2) is 0 Å². The molecule has 124 valence electrons. The minimum atomic E-state index is -1.72. The van der Waals surface area contributed by atoms with Crippen LogP contribution < -0.4 is 10.6 Å². The smallest absolute Gasteiger partial charge is 0.263 e. The number of amides is 1. The standard InChI is InChI=1S/C17H13Cl3N2OS/c18-17(19,20)16(22-15(23)14-9-4-10-24-14)21-13-8-3-6-11-5-1-2-7-12(11)13/h1-10,16,21H,(H,22,23)/t16-/m1/s1. The second kappa shape index (κ2) is 7.19. The Morgan fingerprint density at radius 1 is 1.00 bits per heavy atom. The van der Waals surface area contributed by atoms with Crippen LogP contribution in [0.3, 0.4) is 0 Å². The molecular weight excluding hydrogens is 387 g/mol. The summed E-state index contributed by atoms with van der Waals surface area (Å²) in [6.07, 6.45) is -0.886. The Bertz CT molecular complexity index is 841. The maximum atomic E-state index is 12.3. The van der Waals surface area contributed by atoms with E-state index in [9.17, 15) is 4.79 Å². The number of fused-ring (bicyclic) bond motifs is 1. The number of hydrogen-bond acceptors (Lipinski definition) is 3. The van der Waals surface area contributed by atoms with Crippen LogP contribution in [0.25, 0.3) is 10.8 Å². The van der Waals surface area contributed by atoms with Crippen LogP contribution >= 0.6 is 46.1 Å². The highest BCUT2D eigenvalue weighted by Gasteiger charge is 2.34. The van der Waals surface area contributed by atoms with Crippen LogP contribution in [0.1, 0.15) is 9.67 Å². The maximum Gasteiger partial charge on any atom is 0.263 e. The second-order valence-electron chi connectivity index (χ2n) is 5.10. The molecule has 0 fully saturated rings. The molecule has 0 aliphatic carbocycles. The van der Waals surface area contributed by atoms with Crippen molar-refractivity contribution < 1.29 is 4.79 Å². The van der Waals surface area contributed by atoms with E-state index in [1.807, 2.05) is 47.8 Å². The lowest BCUT2D eigenvalue weighted by Gasteiger charge is -2.27. The highest BCUT2D eigenvalue weighted by molar-refractivity contribution is 7.12. The van der Waals surface area contributed by atoms with Gasteiger partial charge in [0, 0.05) is 11.1 Å². The van der Waals surface area contributed by atoms with E-state index in [2.05, 4.69) is 10.6 Å². The van der Waals surface area contributed by atoms with Crippen LogP contribution in [-0.2, 0) is 0 Å². The predicted molar refractivity (Wildman–Crippen MR) is 103 cm³/mol. The normalized spacial score (nSPS) is 12.8. The monoisotopic (exact) mass is 398 g/mol. The number of hydrogen-bond donors (Lipinski definition) is 2. The summed E-state index contributed by atoms with van der Waals surface area (Å²) >= 11 is 19.5. The van der Waals surface area contributed by atoms with Gasteiger partial charge >= 0.3 is 0 Å². The summed E-state index contributed by atoms with van der Waals surface area (Å²) in [6.45, 7) is 0. The molecule has 0 bridgehead atoms. The van der Waals surface area contributed by atoms with E-state index in [4.69, 9.17) is 34.8 Å². The Balaban J connectivity index is 1.88. The summed E-state index contributed by atoms with van der Waals surface area (Å²) in [7, 11) is 0. The molecular formula is C17H13Cl3N2OS. The van der Waals surface area contributed by atoms with Crippen molar-refractivity contribution in [2.75, 3.05) is 5.32 Å². The molecule has 7 heteroatoms. The molecule has 0 unspecified atom stereocenters. The first-order chi connectivity index (χ1) is 11.4. The zero-order valence-electron chi connectivity index (χ0n) is 12.3. The van der Waals surface area contributed by atoms with E-state index < -0.39 is 9.96 Å². The number of alkyl halides is 3. The summed E-state index contributed by atoms with van der Waals surface area (Å²) in [6, 6.07) is 17.1. The molecule has 0 saturated carbocycles. The topological polar surface area (TPSA) is 41.1 Å². The van der Waals surface area contributed by atoms with Gasteiger partial charge in [0.1, 0.15) is 6.17 Å². The molecule has 2 N–H and O–H groups in total. The van der Waals surface area contributed by atoms with E-state index in [0.717, 1.165) is 16.5 Å². The first-order valence-electron chi connectivity index (χ1n) is 7.10. The van der Waals surface area contributed by atoms with Gasteiger partial charge in [0.25, 0.3) is 5.91 Å². The van der Waals surface area contributed by atoms with E-state index in [1.165, 1.54) is 11.3 Å². The summed E-state index contributed by atoms with van der Waals surface area (Å²) < 4.78 is -1.72. The quantitative estimate of drug-likeness (QED) is 0.453. The Morgan fingerprint density at radius 3 is 2.46 bits per heavy atom. The number of benzene rings is 2. The van der Waals surface area contributed by atoms with E-state index in [0.29, 0.717) is 4.88 Å². The molecule has 3 nitrogen and oxygen atoms in total. The first kappa shape index (κ1) is 17.4. The van der Waals surface area contributed by atoms with E-state index >= 15 is 0 Å². The van der Waals surface area contributed by atoms with E-state index in [1.54, 1.807) is 12.1 Å². The molecule has 24 heavy (non-hydrogen) atoms. The van der Waals surface area contributed by atoms with Crippen molar-refractivity contribution in [3.63, 3.8) is 0 Å². The zero-order valence-corrected chi connectivity index (χ0v) is 15.4. The minimum absolute atomic E-state index is 0.297.